The van der Waals surface area contributed by atoms with Crippen molar-refractivity contribution in [3.63, 3.8) is 0 Å². The minimum Gasteiger partial charge on any atom is -0.310 e. The summed E-state index contributed by atoms with van der Waals surface area (Å²) in [6, 6.07) is 49.0. The molecule has 0 atom stereocenters. The van der Waals surface area contributed by atoms with Gasteiger partial charge >= 0.3 is 0 Å². The van der Waals surface area contributed by atoms with Gasteiger partial charge in [-0.3, -0.25) is 0 Å². The molecule has 0 heterocycles. The zero-order valence-corrected chi connectivity index (χ0v) is 28.5. The van der Waals surface area contributed by atoms with Gasteiger partial charge in [-0.05, 0) is 107 Å². The summed E-state index contributed by atoms with van der Waals surface area (Å²) < 4.78 is 77.6. The van der Waals surface area contributed by atoms with Crippen LogP contribution in [0, 0.1) is 0 Å². The van der Waals surface area contributed by atoms with Gasteiger partial charge in [-0.15, -0.1) is 0 Å². The van der Waals surface area contributed by atoms with Crippen molar-refractivity contribution in [2.45, 2.75) is 0 Å². The van der Waals surface area contributed by atoms with Gasteiger partial charge < -0.3 is 4.90 Å². The summed E-state index contributed by atoms with van der Waals surface area (Å²) in [5, 5.41) is 6.82. The minimum atomic E-state index is -0.391. The predicted molar refractivity (Wildman–Crippen MR) is 227 cm³/mol. The standard InChI is InChI=1S/C52H35N/c1-2-14-36(15-3-1)43-18-8-9-19-44(43)37-26-30-41(31-27-37)53(52-35-40-17-5-7-21-46(40)48-23-12-13-25-50(48)52)42-32-28-38(29-33-42)51-34-39-16-4-6-20-45(39)47-22-10-11-24-49(47)51/h1-35H/i26D,27D,28D,29D,30D,31D,32D,33D. The van der Waals surface area contributed by atoms with Gasteiger partial charge in [0.15, 0.2) is 0 Å². The van der Waals surface area contributed by atoms with Crippen LogP contribution in [0.25, 0.3) is 76.5 Å². The van der Waals surface area contributed by atoms with Crippen molar-refractivity contribution in [2.75, 3.05) is 4.90 Å². The van der Waals surface area contributed by atoms with Gasteiger partial charge in [0.25, 0.3) is 0 Å². The Morgan fingerprint density at radius 2 is 0.717 bits per heavy atom. The second kappa shape index (κ2) is 13.0. The van der Waals surface area contributed by atoms with Crippen LogP contribution in [0.2, 0.25) is 0 Å². The molecule has 0 bridgehead atoms. The van der Waals surface area contributed by atoms with E-state index in [1.165, 1.54) is 4.90 Å². The van der Waals surface area contributed by atoms with Crippen LogP contribution < -0.4 is 4.90 Å². The van der Waals surface area contributed by atoms with Gasteiger partial charge in [-0.25, -0.2) is 0 Å². The summed E-state index contributed by atoms with van der Waals surface area (Å²) in [7, 11) is 0. The Hall–Kier alpha value is -6.96. The van der Waals surface area contributed by atoms with Crippen LogP contribution in [-0.4, -0.2) is 0 Å². The van der Waals surface area contributed by atoms with E-state index in [4.69, 9.17) is 0 Å². The van der Waals surface area contributed by atoms with Crippen molar-refractivity contribution in [1.82, 2.24) is 0 Å². The van der Waals surface area contributed by atoms with Crippen LogP contribution in [0.4, 0.5) is 17.1 Å². The number of benzene rings is 10. The van der Waals surface area contributed by atoms with Gasteiger partial charge in [0.2, 0.25) is 0 Å². The number of rotatable bonds is 6. The molecule has 10 rings (SSSR count). The third-order valence-corrected chi connectivity index (χ3v) is 9.98. The maximum absolute atomic E-state index is 9.79. The normalized spacial score (nSPS) is 13.5. The van der Waals surface area contributed by atoms with Crippen molar-refractivity contribution in [3.8, 4) is 33.4 Å². The summed E-state index contributed by atoms with van der Waals surface area (Å²) in [6.07, 6.45) is 0. The molecule has 0 radical (unpaired) electrons. The summed E-state index contributed by atoms with van der Waals surface area (Å²) in [6.45, 7) is 0. The highest BCUT2D eigenvalue weighted by atomic mass is 15.1. The lowest BCUT2D eigenvalue weighted by Gasteiger charge is -2.28. The predicted octanol–water partition coefficient (Wildman–Crippen LogP) is 14.8. The first-order valence-corrected chi connectivity index (χ1v) is 17.6. The number of anilines is 3. The molecule has 1 nitrogen and oxygen atoms in total. The van der Waals surface area contributed by atoms with E-state index >= 15 is 0 Å². The molecule has 0 aromatic heterocycles. The number of hydrogen-bond acceptors (Lipinski definition) is 1. The molecule has 0 aliphatic rings. The summed E-state index contributed by atoms with van der Waals surface area (Å²) in [5.41, 5.74) is 2.90. The highest BCUT2D eigenvalue weighted by Crippen LogP contribution is 2.44. The number of nitrogens with zero attached hydrogens (tertiary/aromatic N) is 1. The Kier molecular flexibility index (Phi) is 5.76. The highest BCUT2D eigenvalue weighted by Gasteiger charge is 2.19. The average Bonchev–Trinajstić information content (AvgIpc) is 3.30. The van der Waals surface area contributed by atoms with Crippen LogP contribution >= 0.6 is 0 Å². The minimum absolute atomic E-state index is 0.111. The topological polar surface area (TPSA) is 3.24 Å². The van der Waals surface area contributed by atoms with Gasteiger partial charge in [0.05, 0.1) is 16.7 Å². The van der Waals surface area contributed by atoms with Gasteiger partial charge in [-0.2, -0.15) is 0 Å². The van der Waals surface area contributed by atoms with E-state index in [0.717, 1.165) is 48.8 Å². The molecule has 0 amide bonds. The first kappa shape index (κ1) is 23.5. The Morgan fingerprint density at radius 1 is 0.302 bits per heavy atom. The van der Waals surface area contributed by atoms with E-state index in [0.29, 0.717) is 22.2 Å². The first-order chi connectivity index (χ1) is 29.7. The lowest BCUT2D eigenvalue weighted by Crippen LogP contribution is -2.10. The van der Waals surface area contributed by atoms with E-state index in [1.54, 1.807) is 12.1 Å². The molecule has 0 saturated carbocycles. The third-order valence-electron chi connectivity index (χ3n) is 9.98. The molecular formula is C52H35N. The average molecular weight is 682 g/mol. The van der Waals surface area contributed by atoms with E-state index in [9.17, 15) is 11.0 Å². The van der Waals surface area contributed by atoms with Gasteiger partial charge in [0.1, 0.15) is 0 Å². The van der Waals surface area contributed by atoms with Gasteiger partial charge in [-0.1, -0.05) is 176 Å². The van der Waals surface area contributed by atoms with Crippen LogP contribution in [0.15, 0.2) is 212 Å². The zero-order chi connectivity index (χ0) is 42.1. The summed E-state index contributed by atoms with van der Waals surface area (Å²) in [4.78, 5) is 1.42. The van der Waals surface area contributed by atoms with Crippen molar-refractivity contribution in [3.05, 3.63) is 212 Å². The molecule has 53 heavy (non-hydrogen) atoms. The lowest BCUT2D eigenvalue weighted by molar-refractivity contribution is 1.30. The fourth-order valence-electron chi connectivity index (χ4n) is 7.51. The quantitative estimate of drug-likeness (QED) is 0.158. The molecule has 0 aliphatic heterocycles. The molecule has 0 aliphatic carbocycles. The Balaban J connectivity index is 1.30. The molecule has 10 aromatic carbocycles. The highest BCUT2D eigenvalue weighted by molar-refractivity contribution is 6.15. The zero-order valence-electron chi connectivity index (χ0n) is 36.5. The fourth-order valence-corrected chi connectivity index (χ4v) is 7.51. The van der Waals surface area contributed by atoms with E-state index < -0.39 is 12.1 Å². The Bertz CT molecular complexity index is 3360. The summed E-state index contributed by atoms with van der Waals surface area (Å²) >= 11 is 0. The molecule has 0 saturated heterocycles. The SMILES string of the molecule is [2H]c1c([2H])c(N(c2c([2H])c([2H])c(-c3cc4ccccc4c4ccccc34)c([2H])c2[2H])c2cc3ccccc3c3ccccc23)c([2H])c([2H])c1-c1ccccc1-c1ccccc1. The lowest BCUT2D eigenvalue weighted by atomic mass is 9.93. The monoisotopic (exact) mass is 681 g/mol. The molecule has 248 valence electrons. The van der Waals surface area contributed by atoms with Crippen LogP contribution in [0.5, 0.6) is 0 Å². The molecule has 1 heteroatoms. The molecule has 0 spiro atoms. The van der Waals surface area contributed by atoms with Crippen molar-refractivity contribution in [2.24, 2.45) is 0 Å². The smallest absolute Gasteiger partial charge is 0.0645 e. The maximum Gasteiger partial charge on any atom is 0.0645 e. The van der Waals surface area contributed by atoms with Crippen LogP contribution in [-0.2, 0) is 0 Å². The van der Waals surface area contributed by atoms with Crippen LogP contribution in [0.3, 0.4) is 0 Å². The van der Waals surface area contributed by atoms with Crippen LogP contribution in [0.1, 0.15) is 11.0 Å². The number of fused-ring (bicyclic) bond motifs is 6. The first-order valence-electron chi connectivity index (χ1n) is 21.6. The van der Waals surface area contributed by atoms with Gasteiger partial charge in [0, 0.05) is 16.8 Å². The summed E-state index contributed by atoms with van der Waals surface area (Å²) in [5.74, 6) is 0. The molecular weight excluding hydrogens is 639 g/mol. The fraction of sp³-hybridized carbons (Fsp3) is 0. The largest absolute Gasteiger partial charge is 0.310 e. The third kappa shape index (κ3) is 5.42. The second-order valence-corrected chi connectivity index (χ2v) is 13.0. The maximum atomic E-state index is 9.79. The van der Waals surface area contributed by atoms with E-state index in [1.807, 2.05) is 152 Å². The molecule has 0 N–H and O–H groups in total. The van der Waals surface area contributed by atoms with Crippen molar-refractivity contribution in [1.29, 1.82) is 0 Å². The van der Waals surface area contributed by atoms with E-state index in [2.05, 4.69) is 0 Å². The second-order valence-electron chi connectivity index (χ2n) is 13.0. The molecule has 0 fully saturated rings. The van der Waals surface area contributed by atoms with E-state index in [-0.39, 0.29) is 58.8 Å². The van der Waals surface area contributed by atoms with Crippen molar-refractivity contribution >= 4 is 60.2 Å². The Morgan fingerprint density at radius 3 is 1.32 bits per heavy atom. The number of hydrogen-bond donors (Lipinski definition) is 0. The molecule has 10 aromatic rings. The molecule has 0 unspecified atom stereocenters. The van der Waals surface area contributed by atoms with Crippen molar-refractivity contribution < 1.29 is 11.0 Å². The Labute approximate surface area is 320 Å².